The molecule has 2 aromatic carbocycles. The molecule has 0 aliphatic rings. The van der Waals surface area contributed by atoms with Gasteiger partial charge in [0.05, 0.1) is 10.8 Å². The number of hydrogen-bond acceptors (Lipinski definition) is 5. The molecule has 1 amide bonds. The lowest BCUT2D eigenvalue weighted by atomic mass is 10.1. The van der Waals surface area contributed by atoms with Crippen LogP contribution in [-0.2, 0) is 17.9 Å². The molecule has 0 aliphatic carbocycles. The maximum Gasteiger partial charge on any atom is 0.234 e. The molecule has 3 rings (SSSR count). The first kappa shape index (κ1) is 22.7. The molecule has 1 N–H and O–H groups in total. The fourth-order valence-corrected chi connectivity index (χ4v) is 4.00. The number of hydrogen-bond donors (Lipinski definition) is 1. The lowest BCUT2D eigenvalue weighted by Gasteiger charge is -2.11. The zero-order valence-electron chi connectivity index (χ0n) is 16.9. The van der Waals surface area contributed by atoms with E-state index in [1.165, 1.54) is 11.8 Å². The standard InChI is InChI=1S/C21H22BrClN4O2S/c1-4-27-19(11-29-18-9-13(2)5-6-14(18)3)25-26-21(27)30-12-20(28)24-15-7-8-16(22)17(23)10-15/h5-10H,4,11-12H2,1-3H3,(H,24,28). The molecule has 9 heteroatoms. The Labute approximate surface area is 193 Å². The first-order valence-corrected chi connectivity index (χ1v) is 11.5. The van der Waals surface area contributed by atoms with E-state index < -0.39 is 0 Å². The number of thioether (sulfide) groups is 1. The van der Waals surface area contributed by atoms with Gasteiger partial charge in [-0.25, -0.2) is 0 Å². The summed E-state index contributed by atoms with van der Waals surface area (Å²) in [4.78, 5) is 12.3. The van der Waals surface area contributed by atoms with Crippen molar-refractivity contribution in [2.75, 3.05) is 11.1 Å². The zero-order chi connectivity index (χ0) is 21.7. The summed E-state index contributed by atoms with van der Waals surface area (Å²) < 4.78 is 8.70. The molecule has 0 spiro atoms. The van der Waals surface area contributed by atoms with Crippen molar-refractivity contribution in [3.63, 3.8) is 0 Å². The number of nitrogens with one attached hydrogen (secondary N) is 1. The van der Waals surface area contributed by atoms with Gasteiger partial charge >= 0.3 is 0 Å². The van der Waals surface area contributed by atoms with E-state index in [1.807, 2.05) is 37.5 Å². The van der Waals surface area contributed by atoms with Crippen molar-refractivity contribution < 1.29 is 9.53 Å². The number of carbonyl (C=O) groups is 1. The van der Waals surface area contributed by atoms with Crippen LogP contribution in [-0.4, -0.2) is 26.4 Å². The van der Waals surface area contributed by atoms with Gasteiger partial charge in [-0.1, -0.05) is 35.5 Å². The van der Waals surface area contributed by atoms with Crippen molar-refractivity contribution in [3.8, 4) is 5.75 Å². The fraction of sp³-hybridized carbons (Fsp3) is 0.286. The number of nitrogens with zero attached hydrogens (tertiary/aromatic N) is 3. The van der Waals surface area contributed by atoms with Crippen LogP contribution >= 0.6 is 39.3 Å². The number of anilines is 1. The molecule has 0 saturated heterocycles. The SMILES string of the molecule is CCn1c(COc2cc(C)ccc2C)nnc1SCC(=O)Nc1ccc(Br)c(Cl)c1. The minimum atomic E-state index is -0.141. The van der Waals surface area contributed by atoms with Crippen molar-refractivity contribution in [1.82, 2.24) is 14.8 Å². The van der Waals surface area contributed by atoms with Gasteiger partial charge in [0, 0.05) is 16.7 Å². The number of aryl methyl sites for hydroxylation is 2. The molecular formula is C21H22BrClN4O2S. The summed E-state index contributed by atoms with van der Waals surface area (Å²) >= 11 is 10.7. The zero-order valence-corrected chi connectivity index (χ0v) is 20.1. The van der Waals surface area contributed by atoms with E-state index in [9.17, 15) is 4.79 Å². The van der Waals surface area contributed by atoms with Crippen LogP contribution in [0.5, 0.6) is 5.75 Å². The number of rotatable bonds is 8. The molecule has 0 saturated carbocycles. The minimum absolute atomic E-state index is 0.141. The Morgan fingerprint density at radius 3 is 2.77 bits per heavy atom. The van der Waals surface area contributed by atoms with Gasteiger partial charge in [-0.2, -0.15) is 0 Å². The fourth-order valence-electron chi connectivity index (χ4n) is 2.76. The molecule has 0 radical (unpaired) electrons. The third-order valence-electron chi connectivity index (χ3n) is 4.35. The molecule has 3 aromatic rings. The summed E-state index contributed by atoms with van der Waals surface area (Å²) in [6.45, 7) is 7.06. The Balaban J connectivity index is 1.60. The van der Waals surface area contributed by atoms with E-state index in [-0.39, 0.29) is 11.7 Å². The number of amides is 1. The first-order valence-electron chi connectivity index (χ1n) is 9.37. The maximum atomic E-state index is 12.3. The van der Waals surface area contributed by atoms with Crippen LogP contribution in [0.15, 0.2) is 46.0 Å². The van der Waals surface area contributed by atoms with Crippen LogP contribution in [0.1, 0.15) is 23.9 Å². The van der Waals surface area contributed by atoms with Crippen LogP contribution < -0.4 is 10.1 Å². The third-order valence-corrected chi connectivity index (χ3v) is 6.55. The predicted molar refractivity (Wildman–Crippen MR) is 124 cm³/mol. The highest BCUT2D eigenvalue weighted by molar-refractivity contribution is 9.10. The molecular weight excluding hydrogens is 488 g/mol. The quantitative estimate of drug-likeness (QED) is 0.398. The highest BCUT2D eigenvalue weighted by Gasteiger charge is 2.14. The second-order valence-electron chi connectivity index (χ2n) is 6.67. The molecule has 0 aliphatic heterocycles. The van der Waals surface area contributed by atoms with Gasteiger partial charge < -0.3 is 14.6 Å². The largest absolute Gasteiger partial charge is 0.485 e. The second kappa shape index (κ2) is 10.3. The Bertz CT molecular complexity index is 1060. The van der Waals surface area contributed by atoms with Crippen molar-refractivity contribution >= 4 is 50.9 Å². The van der Waals surface area contributed by atoms with Crippen LogP contribution in [0.2, 0.25) is 5.02 Å². The van der Waals surface area contributed by atoms with E-state index >= 15 is 0 Å². The second-order valence-corrected chi connectivity index (χ2v) is 8.87. The van der Waals surface area contributed by atoms with E-state index in [1.54, 1.807) is 18.2 Å². The minimum Gasteiger partial charge on any atom is -0.485 e. The molecule has 6 nitrogen and oxygen atoms in total. The molecule has 30 heavy (non-hydrogen) atoms. The number of benzene rings is 2. The van der Waals surface area contributed by atoms with Crippen LogP contribution in [0.25, 0.3) is 0 Å². The molecule has 1 heterocycles. The Kier molecular flexibility index (Phi) is 7.80. The summed E-state index contributed by atoms with van der Waals surface area (Å²) in [5.74, 6) is 1.63. The smallest absolute Gasteiger partial charge is 0.234 e. The lowest BCUT2D eigenvalue weighted by Crippen LogP contribution is -2.15. The van der Waals surface area contributed by atoms with Gasteiger partial charge in [0.2, 0.25) is 5.91 Å². The Morgan fingerprint density at radius 1 is 1.23 bits per heavy atom. The number of aromatic nitrogens is 3. The maximum absolute atomic E-state index is 12.3. The molecule has 158 valence electrons. The Morgan fingerprint density at radius 2 is 2.03 bits per heavy atom. The third kappa shape index (κ3) is 5.77. The van der Waals surface area contributed by atoms with Crippen LogP contribution in [0, 0.1) is 13.8 Å². The van der Waals surface area contributed by atoms with Gasteiger partial charge in [0.15, 0.2) is 11.0 Å². The first-order chi connectivity index (χ1) is 14.4. The lowest BCUT2D eigenvalue weighted by molar-refractivity contribution is -0.113. The topological polar surface area (TPSA) is 69.0 Å². The average molecular weight is 510 g/mol. The highest BCUT2D eigenvalue weighted by Crippen LogP contribution is 2.26. The van der Waals surface area contributed by atoms with Crippen LogP contribution in [0.3, 0.4) is 0 Å². The molecule has 0 atom stereocenters. The average Bonchev–Trinajstić information content (AvgIpc) is 3.11. The van der Waals surface area contributed by atoms with E-state index in [2.05, 4.69) is 37.5 Å². The number of ether oxygens (including phenoxy) is 1. The predicted octanol–water partition coefficient (Wildman–Crippen LogP) is 5.64. The van der Waals surface area contributed by atoms with Gasteiger partial charge in [0.1, 0.15) is 12.4 Å². The number of halogens is 2. The molecule has 0 unspecified atom stereocenters. The summed E-state index contributed by atoms with van der Waals surface area (Å²) in [6, 6.07) is 11.4. The van der Waals surface area contributed by atoms with Gasteiger partial charge in [-0.05, 0) is 72.1 Å². The van der Waals surface area contributed by atoms with Crippen LogP contribution in [0.4, 0.5) is 5.69 Å². The Hall–Kier alpha value is -2.03. The van der Waals surface area contributed by atoms with Crippen molar-refractivity contribution in [1.29, 1.82) is 0 Å². The summed E-state index contributed by atoms with van der Waals surface area (Å²) in [7, 11) is 0. The van der Waals surface area contributed by atoms with Gasteiger partial charge in [-0.3, -0.25) is 4.79 Å². The summed E-state index contributed by atoms with van der Waals surface area (Å²) in [5, 5.41) is 12.5. The molecule has 0 fully saturated rings. The summed E-state index contributed by atoms with van der Waals surface area (Å²) in [5.41, 5.74) is 2.86. The summed E-state index contributed by atoms with van der Waals surface area (Å²) in [6.07, 6.45) is 0. The molecule has 1 aromatic heterocycles. The van der Waals surface area contributed by atoms with Gasteiger partial charge in [-0.15, -0.1) is 10.2 Å². The number of carbonyl (C=O) groups excluding carboxylic acids is 1. The van der Waals surface area contributed by atoms with E-state index in [4.69, 9.17) is 16.3 Å². The van der Waals surface area contributed by atoms with E-state index in [0.717, 1.165) is 27.2 Å². The van der Waals surface area contributed by atoms with Gasteiger partial charge in [0.25, 0.3) is 0 Å². The monoisotopic (exact) mass is 508 g/mol. The van der Waals surface area contributed by atoms with Crippen molar-refractivity contribution in [3.05, 3.63) is 62.8 Å². The van der Waals surface area contributed by atoms with E-state index in [0.29, 0.717) is 29.0 Å². The van der Waals surface area contributed by atoms with Crippen molar-refractivity contribution in [2.24, 2.45) is 0 Å². The van der Waals surface area contributed by atoms with Crippen molar-refractivity contribution in [2.45, 2.75) is 39.1 Å². The molecule has 0 bridgehead atoms. The normalized spacial score (nSPS) is 10.8. The highest BCUT2D eigenvalue weighted by atomic mass is 79.9.